The Labute approximate surface area is 154 Å². The van der Waals surface area contributed by atoms with E-state index in [2.05, 4.69) is 29.5 Å². The van der Waals surface area contributed by atoms with Gasteiger partial charge in [0.25, 0.3) is 0 Å². The molecule has 0 saturated carbocycles. The number of hydrogen-bond acceptors (Lipinski definition) is 7. The van der Waals surface area contributed by atoms with E-state index in [0.29, 0.717) is 0 Å². The summed E-state index contributed by atoms with van der Waals surface area (Å²) in [5.74, 6) is -1.89. The van der Waals surface area contributed by atoms with Gasteiger partial charge in [0.1, 0.15) is 12.0 Å². The summed E-state index contributed by atoms with van der Waals surface area (Å²) in [5.41, 5.74) is 6.19. The molecule has 1 aromatic heterocycles. The Kier molecular flexibility index (Phi) is 6.37. The minimum Gasteiger partial charge on any atom is -0.383 e. The van der Waals surface area contributed by atoms with Crippen molar-refractivity contribution in [3.8, 4) is 0 Å². The molecule has 1 heterocycles. The first-order valence-corrected chi connectivity index (χ1v) is 13.1. The largest absolute Gasteiger partial charge is 0.383 e. The summed E-state index contributed by atoms with van der Waals surface area (Å²) in [5, 5.41) is 3.75. The maximum Gasteiger partial charge on any atom is 0.244 e. The zero-order chi connectivity index (χ0) is 19.4. The maximum atomic E-state index is 12.7. The molecule has 0 aliphatic heterocycles. The van der Waals surface area contributed by atoms with Gasteiger partial charge in [-0.25, -0.2) is 8.42 Å². The third-order valence-electron chi connectivity index (χ3n) is 3.87. The van der Waals surface area contributed by atoms with E-state index in [1.165, 1.54) is 24.5 Å². The van der Waals surface area contributed by atoms with E-state index in [0.717, 1.165) is 0 Å². The summed E-state index contributed by atoms with van der Waals surface area (Å²) in [6.07, 6.45) is 1.30. The minimum atomic E-state index is -3.95. The van der Waals surface area contributed by atoms with Crippen LogP contribution in [0.25, 0.3) is 0 Å². The number of methoxy groups -OCH3 is 1. The number of nitrogens with two attached hydrogens (primary N) is 1. The van der Waals surface area contributed by atoms with Crippen LogP contribution in [0.2, 0.25) is 19.6 Å². The van der Waals surface area contributed by atoms with Gasteiger partial charge in [0, 0.05) is 13.2 Å². The molecule has 0 bridgehead atoms. The molecule has 3 N–H and O–H groups in total. The van der Waals surface area contributed by atoms with E-state index >= 15 is 0 Å². The Morgan fingerprint density at radius 3 is 2.42 bits per heavy atom. The molecule has 2 rings (SSSR count). The van der Waals surface area contributed by atoms with Gasteiger partial charge in [-0.3, -0.25) is 5.73 Å². The lowest BCUT2D eigenvalue weighted by Crippen LogP contribution is -2.57. The van der Waals surface area contributed by atoms with Crippen molar-refractivity contribution in [2.45, 2.75) is 36.1 Å². The zero-order valence-corrected chi connectivity index (χ0v) is 17.1. The van der Waals surface area contributed by atoms with Gasteiger partial charge in [0.05, 0.1) is 25.3 Å². The minimum absolute atomic E-state index is 0.0652. The number of nitrogens with zero attached hydrogens (tertiary/aromatic N) is 1. The van der Waals surface area contributed by atoms with Crippen LogP contribution < -0.4 is 10.5 Å². The van der Waals surface area contributed by atoms with E-state index in [-0.39, 0.29) is 22.9 Å². The predicted octanol–water partition coefficient (Wildman–Crippen LogP) is 1.63. The molecule has 2 unspecified atom stereocenters. The summed E-state index contributed by atoms with van der Waals surface area (Å²) >= 11 is 0. The number of aromatic nitrogens is 1. The van der Waals surface area contributed by atoms with Crippen LogP contribution in [0.15, 0.2) is 52.1 Å². The summed E-state index contributed by atoms with van der Waals surface area (Å²) in [7, 11) is -4.07. The van der Waals surface area contributed by atoms with Crippen LogP contribution in [0.4, 0.5) is 0 Å². The average molecular weight is 400 g/mol. The van der Waals surface area contributed by atoms with Crippen LogP contribution in [0.3, 0.4) is 0 Å². The zero-order valence-electron chi connectivity index (χ0n) is 15.3. The van der Waals surface area contributed by atoms with Crippen molar-refractivity contribution in [3.05, 3.63) is 48.4 Å². The smallest absolute Gasteiger partial charge is 0.244 e. The highest BCUT2D eigenvalue weighted by Crippen LogP contribution is 2.21. The van der Waals surface area contributed by atoms with Crippen LogP contribution in [-0.2, 0) is 25.3 Å². The summed E-state index contributed by atoms with van der Waals surface area (Å²) in [6.45, 7) is 6.46. The summed E-state index contributed by atoms with van der Waals surface area (Å²) in [6, 6.07) is 9.34. The van der Waals surface area contributed by atoms with Crippen molar-refractivity contribution in [1.29, 1.82) is 0 Å². The van der Waals surface area contributed by atoms with E-state index in [4.69, 9.17) is 19.7 Å². The van der Waals surface area contributed by atoms with Crippen LogP contribution >= 0.6 is 0 Å². The number of nitrogens with one attached hydrogen (secondary N) is 1. The Morgan fingerprint density at radius 1 is 1.27 bits per heavy atom. The van der Waals surface area contributed by atoms with E-state index < -0.39 is 23.9 Å². The van der Waals surface area contributed by atoms with Crippen molar-refractivity contribution in [1.82, 2.24) is 9.88 Å². The van der Waals surface area contributed by atoms with E-state index in [1.807, 2.05) is 0 Å². The Hall–Kier alpha value is -1.56. The molecule has 2 aromatic rings. The van der Waals surface area contributed by atoms with Gasteiger partial charge in [-0.2, -0.15) is 4.72 Å². The van der Waals surface area contributed by atoms with Gasteiger partial charge in [-0.05, 0) is 12.1 Å². The molecule has 10 heteroatoms. The fourth-order valence-electron chi connectivity index (χ4n) is 2.30. The molecule has 2 atom stereocenters. The third kappa shape index (κ3) is 4.99. The molecule has 0 aliphatic rings. The van der Waals surface area contributed by atoms with Gasteiger partial charge in [-0.15, -0.1) is 0 Å². The highest BCUT2D eigenvalue weighted by molar-refractivity contribution is 7.89. The quantitative estimate of drug-likeness (QED) is 0.486. The van der Waals surface area contributed by atoms with Gasteiger partial charge in [0.15, 0.2) is 0 Å². The molecule has 1 aromatic carbocycles. The topological polar surface area (TPSA) is 117 Å². The summed E-state index contributed by atoms with van der Waals surface area (Å²) < 4.78 is 43.9. The summed E-state index contributed by atoms with van der Waals surface area (Å²) in [4.78, 5) is 0.0652. The van der Waals surface area contributed by atoms with Crippen LogP contribution in [0, 0.1) is 0 Å². The normalized spacial score (nSPS) is 16.2. The fraction of sp³-hybridized carbons (Fsp3) is 0.438. The van der Waals surface area contributed by atoms with E-state index in [9.17, 15) is 8.42 Å². The third-order valence-corrected chi connectivity index (χ3v) is 7.67. The monoisotopic (exact) mass is 399 g/mol. The number of ether oxygens (including phenoxy) is 2. The molecular weight excluding hydrogens is 374 g/mol. The maximum absolute atomic E-state index is 12.7. The van der Waals surface area contributed by atoms with Gasteiger partial charge >= 0.3 is 0 Å². The molecule has 144 valence electrons. The molecule has 26 heavy (non-hydrogen) atoms. The predicted molar refractivity (Wildman–Crippen MR) is 99.2 cm³/mol. The van der Waals surface area contributed by atoms with Crippen molar-refractivity contribution >= 4 is 18.1 Å². The van der Waals surface area contributed by atoms with Crippen molar-refractivity contribution < 1.29 is 22.4 Å². The molecular formula is C16H25N3O5SSi. The van der Waals surface area contributed by atoms with Gasteiger partial charge < -0.3 is 14.0 Å². The second-order valence-corrected chi connectivity index (χ2v) is 14.0. The first-order valence-electron chi connectivity index (χ1n) is 8.04. The standard InChI is InChI=1S/C16H25N3O5SSi/c1-22-15(26(2,3)4)12-23-16(17,14-10-11-24-18-14)19-25(20,21)13-8-6-5-7-9-13/h5-11,15,19H,12,17H2,1-4H3. The molecule has 0 amide bonds. The first-order chi connectivity index (χ1) is 12.1. The highest BCUT2D eigenvalue weighted by Gasteiger charge is 2.39. The lowest BCUT2D eigenvalue weighted by atomic mass is 10.3. The van der Waals surface area contributed by atoms with E-state index in [1.54, 1.807) is 25.3 Å². The number of rotatable bonds is 9. The van der Waals surface area contributed by atoms with Crippen LogP contribution in [0.5, 0.6) is 0 Å². The van der Waals surface area contributed by atoms with Crippen molar-refractivity contribution in [2.24, 2.45) is 5.73 Å². The lowest BCUT2D eigenvalue weighted by Gasteiger charge is -2.33. The van der Waals surface area contributed by atoms with Gasteiger partial charge in [0.2, 0.25) is 15.9 Å². The van der Waals surface area contributed by atoms with Gasteiger partial charge in [-0.1, -0.05) is 43.0 Å². The highest BCUT2D eigenvalue weighted by atomic mass is 32.2. The second-order valence-electron chi connectivity index (χ2n) is 6.94. The number of hydrogen-bond donors (Lipinski definition) is 2. The Balaban J connectivity index is 2.29. The number of benzene rings is 1. The Bertz CT molecular complexity index is 793. The average Bonchev–Trinajstić information content (AvgIpc) is 3.10. The molecule has 0 spiro atoms. The lowest BCUT2D eigenvalue weighted by molar-refractivity contribution is -0.0861. The van der Waals surface area contributed by atoms with Crippen LogP contribution in [0.1, 0.15) is 5.69 Å². The fourth-order valence-corrected chi connectivity index (χ4v) is 4.78. The second kappa shape index (κ2) is 7.99. The molecule has 0 radical (unpaired) electrons. The SMILES string of the molecule is COC(COC(N)(NS(=O)(=O)c1ccccc1)c1ccon1)[Si](C)(C)C. The molecule has 0 saturated heterocycles. The molecule has 0 aliphatic carbocycles. The van der Waals surface area contributed by atoms with Crippen molar-refractivity contribution in [3.63, 3.8) is 0 Å². The molecule has 8 nitrogen and oxygen atoms in total. The number of sulfonamides is 1. The van der Waals surface area contributed by atoms with Crippen LogP contribution in [-0.4, -0.2) is 41.1 Å². The molecule has 0 fully saturated rings. The van der Waals surface area contributed by atoms with Crippen molar-refractivity contribution in [2.75, 3.05) is 13.7 Å². The first kappa shape index (κ1) is 20.7. The Morgan fingerprint density at radius 2 is 1.92 bits per heavy atom.